The number of rotatable bonds is 0. The van der Waals surface area contributed by atoms with Gasteiger partial charge in [0.2, 0.25) is 0 Å². The second-order valence-electron chi connectivity index (χ2n) is 3.35. The van der Waals surface area contributed by atoms with Gasteiger partial charge < -0.3 is 5.53 Å². The molecular weight excluding hydrogens is 172 g/mol. The van der Waals surface area contributed by atoms with E-state index in [0.717, 1.165) is 22.3 Å². The molecule has 2 nitrogen and oxygen atoms in total. The lowest BCUT2D eigenvalue weighted by molar-refractivity contribution is -0.00290. The molecule has 1 aliphatic carbocycles. The Labute approximate surface area is 82.8 Å². The molecule has 0 heterocycles. The third-order valence-electron chi connectivity index (χ3n) is 2.40. The standard InChI is InChI=1S/C12H10N2/c1-8-7-9(2)12(14-13)11-6-4-3-5-10(8)11/h3-7H,2H2,1H3. The van der Waals surface area contributed by atoms with Gasteiger partial charge in [0, 0.05) is 0 Å². The second kappa shape index (κ2) is 3.09. The summed E-state index contributed by atoms with van der Waals surface area (Å²) in [5.41, 5.74) is 13.4. The molecule has 1 aromatic rings. The lowest BCUT2D eigenvalue weighted by Gasteiger charge is -2.12. The molecule has 0 N–H and O–H groups in total. The van der Waals surface area contributed by atoms with Crippen LogP contribution in [0.1, 0.15) is 18.1 Å². The van der Waals surface area contributed by atoms with E-state index in [0.29, 0.717) is 5.71 Å². The van der Waals surface area contributed by atoms with Crippen molar-refractivity contribution in [3.8, 4) is 0 Å². The minimum atomic E-state index is 0.561. The fourth-order valence-corrected chi connectivity index (χ4v) is 1.73. The maximum atomic E-state index is 8.89. The summed E-state index contributed by atoms with van der Waals surface area (Å²) in [4.78, 5) is 3.28. The molecule has 2 rings (SSSR count). The van der Waals surface area contributed by atoms with Gasteiger partial charge in [0.15, 0.2) is 0 Å². The first kappa shape index (κ1) is 8.67. The van der Waals surface area contributed by atoms with E-state index in [1.807, 2.05) is 37.3 Å². The van der Waals surface area contributed by atoms with Gasteiger partial charge in [0.05, 0.1) is 11.1 Å². The van der Waals surface area contributed by atoms with Crippen LogP contribution in [0.25, 0.3) is 11.1 Å². The predicted octanol–water partition coefficient (Wildman–Crippen LogP) is 2.68. The average Bonchev–Trinajstić information content (AvgIpc) is 2.18. The molecule has 1 aliphatic rings. The van der Waals surface area contributed by atoms with Crippen molar-refractivity contribution in [1.82, 2.24) is 0 Å². The van der Waals surface area contributed by atoms with Crippen molar-refractivity contribution in [3.05, 3.63) is 59.2 Å². The van der Waals surface area contributed by atoms with Crippen molar-refractivity contribution in [2.75, 3.05) is 0 Å². The van der Waals surface area contributed by atoms with E-state index in [1.165, 1.54) is 0 Å². The molecule has 0 amide bonds. The highest BCUT2D eigenvalue weighted by Crippen LogP contribution is 2.27. The number of fused-ring (bicyclic) bond motifs is 1. The maximum absolute atomic E-state index is 8.89. The minimum absolute atomic E-state index is 0.561. The van der Waals surface area contributed by atoms with Crippen molar-refractivity contribution >= 4 is 11.3 Å². The Hall–Kier alpha value is -1.92. The summed E-state index contributed by atoms with van der Waals surface area (Å²) in [7, 11) is 0. The van der Waals surface area contributed by atoms with E-state index in [1.54, 1.807) is 0 Å². The first-order valence-electron chi connectivity index (χ1n) is 4.43. The molecule has 0 spiro atoms. The van der Waals surface area contributed by atoms with E-state index in [-0.39, 0.29) is 0 Å². The molecular formula is C12H10N2. The van der Waals surface area contributed by atoms with Gasteiger partial charge in [0.25, 0.3) is 0 Å². The largest absolute Gasteiger partial charge is 0.361 e. The van der Waals surface area contributed by atoms with Gasteiger partial charge in [-0.1, -0.05) is 24.8 Å². The molecule has 0 fully saturated rings. The summed E-state index contributed by atoms with van der Waals surface area (Å²) >= 11 is 0. The third-order valence-corrected chi connectivity index (χ3v) is 2.40. The topological polar surface area (TPSA) is 36.4 Å². The van der Waals surface area contributed by atoms with E-state index in [9.17, 15) is 0 Å². The Balaban J connectivity index is 2.79. The zero-order chi connectivity index (χ0) is 10.1. The van der Waals surface area contributed by atoms with Crippen LogP contribution in [0.2, 0.25) is 0 Å². The van der Waals surface area contributed by atoms with Crippen LogP contribution in [0.3, 0.4) is 0 Å². The minimum Gasteiger partial charge on any atom is -0.361 e. The molecule has 0 radical (unpaired) electrons. The Morgan fingerprint density at radius 1 is 1.21 bits per heavy atom. The smallest absolute Gasteiger partial charge is 0.329 e. The Morgan fingerprint density at radius 2 is 1.86 bits per heavy atom. The highest BCUT2D eigenvalue weighted by Gasteiger charge is 2.23. The van der Waals surface area contributed by atoms with Crippen LogP contribution in [0.15, 0.2) is 42.5 Å². The molecule has 1 aromatic carbocycles. The molecule has 0 atom stereocenters. The first-order chi connectivity index (χ1) is 6.74. The molecule has 0 saturated heterocycles. The molecule has 0 unspecified atom stereocenters. The molecule has 0 saturated carbocycles. The maximum Gasteiger partial charge on any atom is 0.329 e. The summed E-state index contributed by atoms with van der Waals surface area (Å²) in [6, 6.07) is 7.85. The number of hydrogen-bond acceptors (Lipinski definition) is 0. The number of allylic oxidation sites excluding steroid dienone is 3. The normalized spacial score (nSPS) is 14.5. The predicted molar refractivity (Wildman–Crippen MR) is 57.0 cm³/mol. The third kappa shape index (κ3) is 1.13. The van der Waals surface area contributed by atoms with Gasteiger partial charge in [-0.2, -0.15) is 4.79 Å². The van der Waals surface area contributed by atoms with Crippen molar-refractivity contribution in [3.63, 3.8) is 0 Å². The van der Waals surface area contributed by atoms with Crippen LogP contribution < -0.4 is 0 Å². The Kier molecular flexibility index (Phi) is 1.91. The molecule has 68 valence electrons. The molecule has 0 bridgehead atoms. The molecule has 0 aromatic heterocycles. The van der Waals surface area contributed by atoms with Gasteiger partial charge in [-0.3, -0.25) is 0 Å². The van der Waals surface area contributed by atoms with Crippen molar-refractivity contribution in [1.29, 1.82) is 0 Å². The lowest BCUT2D eigenvalue weighted by atomic mass is 9.88. The summed E-state index contributed by atoms with van der Waals surface area (Å²) in [5.74, 6) is 0. The summed E-state index contributed by atoms with van der Waals surface area (Å²) in [6.07, 6.45) is 1.93. The van der Waals surface area contributed by atoms with Crippen molar-refractivity contribution in [2.24, 2.45) is 0 Å². The zero-order valence-electron chi connectivity index (χ0n) is 7.99. The SMILES string of the molecule is C=C1C=C(C)c2ccccc2C1=[N+]=[N-]. The van der Waals surface area contributed by atoms with Crippen molar-refractivity contribution in [2.45, 2.75) is 6.92 Å². The van der Waals surface area contributed by atoms with E-state index in [2.05, 4.69) is 11.4 Å². The van der Waals surface area contributed by atoms with Gasteiger partial charge in [-0.05, 0) is 30.2 Å². The van der Waals surface area contributed by atoms with Crippen molar-refractivity contribution < 1.29 is 4.79 Å². The van der Waals surface area contributed by atoms with Gasteiger partial charge in [-0.25, -0.2) is 0 Å². The van der Waals surface area contributed by atoms with Crippen LogP contribution in [-0.4, -0.2) is 10.5 Å². The second-order valence-corrected chi connectivity index (χ2v) is 3.35. The fraction of sp³-hybridized carbons (Fsp3) is 0.0833. The Bertz CT molecular complexity index is 489. The quantitative estimate of drug-likeness (QED) is 0.437. The van der Waals surface area contributed by atoms with Crippen LogP contribution >= 0.6 is 0 Å². The van der Waals surface area contributed by atoms with Crippen LogP contribution in [-0.2, 0) is 0 Å². The van der Waals surface area contributed by atoms with Crippen LogP contribution in [0.5, 0.6) is 0 Å². The molecule has 0 aliphatic heterocycles. The van der Waals surface area contributed by atoms with Crippen LogP contribution in [0, 0.1) is 0 Å². The molecule has 14 heavy (non-hydrogen) atoms. The Morgan fingerprint density at radius 3 is 2.50 bits per heavy atom. The lowest BCUT2D eigenvalue weighted by Crippen LogP contribution is -2.11. The van der Waals surface area contributed by atoms with Crippen LogP contribution in [0.4, 0.5) is 0 Å². The first-order valence-corrected chi connectivity index (χ1v) is 4.43. The number of hydrogen-bond donors (Lipinski definition) is 0. The van der Waals surface area contributed by atoms with Gasteiger partial charge in [-0.15, -0.1) is 0 Å². The van der Waals surface area contributed by atoms with E-state index in [4.69, 9.17) is 5.53 Å². The number of benzene rings is 1. The summed E-state index contributed by atoms with van der Waals surface area (Å²) < 4.78 is 0. The average molecular weight is 182 g/mol. The monoisotopic (exact) mass is 182 g/mol. The van der Waals surface area contributed by atoms with Gasteiger partial charge in [0.1, 0.15) is 0 Å². The zero-order valence-corrected chi connectivity index (χ0v) is 7.99. The van der Waals surface area contributed by atoms with Gasteiger partial charge >= 0.3 is 5.71 Å². The highest BCUT2D eigenvalue weighted by molar-refractivity contribution is 6.16. The number of nitrogens with zero attached hydrogens (tertiary/aromatic N) is 2. The summed E-state index contributed by atoms with van der Waals surface area (Å²) in [6.45, 7) is 5.87. The highest BCUT2D eigenvalue weighted by atomic mass is 14.9. The summed E-state index contributed by atoms with van der Waals surface area (Å²) in [5, 5.41) is 0. The fourth-order valence-electron chi connectivity index (χ4n) is 1.73. The van der Waals surface area contributed by atoms with E-state index >= 15 is 0 Å². The van der Waals surface area contributed by atoms with E-state index < -0.39 is 0 Å². The molecule has 2 heteroatoms.